The Morgan fingerprint density at radius 2 is 2.17 bits per heavy atom. The number of amides is 1. The van der Waals surface area contributed by atoms with E-state index in [1.54, 1.807) is 27.6 Å². The summed E-state index contributed by atoms with van der Waals surface area (Å²) in [6.07, 6.45) is -0.274. The maximum Gasteiger partial charge on any atom is 0.410 e. The van der Waals surface area contributed by atoms with Gasteiger partial charge >= 0.3 is 6.09 Å². The van der Waals surface area contributed by atoms with E-state index in [0.29, 0.717) is 13.1 Å². The van der Waals surface area contributed by atoms with Crippen molar-refractivity contribution in [1.29, 1.82) is 0 Å². The van der Waals surface area contributed by atoms with E-state index in [1.807, 2.05) is 26.8 Å². The number of thiophene rings is 2. The molecule has 0 bridgehead atoms. The van der Waals surface area contributed by atoms with Crippen molar-refractivity contribution in [2.75, 3.05) is 6.54 Å². The molecule has 0 N–H and O–H groups in total. The maximum atomic E-state index is 12.5. The third kappa shape index (κ3) is 3.76. The first-order valence-electron chi connectivity index (χ1n) is 7.23. The van der Waals surface area contributed by atoms with Crippen LogP contribution >= 0.6 is 50.2 Å². The number of hydrogen-bond donors (Lipinski definition) is 0. The summed E-state index contributed by atoms with van der Waals surface area (Å²) in [4.78, 5) is 15.4. The van der Waals surface area contributed by atoms with Gasteiger partial charge in [-0.3, -0.25) is 0 Å². The van der Waals surface area contributed by atoms with E-state index >= 15 is 0 Å². The molecule has 2 aromatic heterocycles. The van der Waals surface area contributed by atoms with Gasteiger partial charge in [0.25, 0.3) is 0 Å². The first-order valence-corrected chi connectivity index (χ1v) is 10.1. The molecule has 1 amide bonds. The zero-order valence-corrected chi connectivity index (χ0v) is 17.0. The average Bonchev–Trinajstić information content (AvgIpc) is 3.00. The van der Waals surface area contributed by atoms with Gasteiger partial charge in [0.15, 0.2) is 0 Å². The molecule has 3 heterocycles. The smallest absolute Gasteiger partial charge is 0.410 e. The van der Waals surface area contributed by atoms with Gasteiger partial charge in [0.1, 0.15) is 5.60 Å². The lowest BCUT2D eigenvalue weighted by Gasteiger charge is -2.34. The van der Waals surface area contributed by atoms with E-state index in [9.17, 15) is 4.79 Å². The monoisotopic (exact) mass is 433 g/mol. The largest absolute Gasteiger partial charge is 0.444 e. The Kier molecular flexibility index (Phi) is 4.80. The predicted molar refractivity (Wildman–Crippen MR) is 99.8 cm³/mol. The minimum atomic E-state index is -0.497. The van der Waals surface area contributed by atoms with Crippen molar-refractivity contribution in [3.05, 3.63) is 41.6 Å². The molecule has 1 aliphatic heterocycles. The summed E-state index contributed by atoms with van der Waals surface area (Å²) < 4.78 is 7.40. The molecule has 1 aliphatic rings. The number of hydrogen-bond acceptors (Lipinski definition) is 4. The van der Waals surface area contributed by atoms with Gasteiger partial charge < -0.3 is 9.64 Å². The summed E-state index contributed by atoms with van der Waals surface area (Å²) in [6, 6.07) is 4.14. The normalized spacial score (nSPS) is 18.0. The molecule has 1 unspecified atom stereocenters. The number of nitrogens with zero attached hydrogens (tertiary/aromatic N) is 1. The quantitative estimate of drug-likeness (QED) is 0.542. The second kappa shape index (κ2) is 6.39. The molecule has 0 saturated heterocycles. The van der Waals surface area contributed by atoms with Crippen LogP contribution in [-0.4, -0.2) is 23.1 Å². The van der Waals surface area contributed by atoms with Crippen LogP contribution in [0, 0.1) is 0 Å². The van der Waals surface area contributed by atoms with E-state index in [4.69, 9.17) is 16.3 Å². The standard InChI is InChI=1S/C16H17BrClNO2S2/c1-16(2,3)21-15(20)19-7-11(9-4-5-22-14(9)17)10-6-13(18)23-12(10)8-19/h4-6,11H,7-8H2,1-3H3. The van der Waals surface area contributed by atoms with Gasteiger partial charge in [-0.15, -0.1) is 22.7 Å². The molecule has 0 spiro atoms. The molecule has 2 aromatic rings. The highest BCUT2D eigenvalue weighted by Crippen LogP contribution is 2.43. The van der Waals surface area contributed by atoms with E-state index in [2.05, 4.69) is 27.4 Å². The fraction of sp³-hybridized carbons (Fsp3) is 0.438. The predicted octanol–water partition coefficient (Wildman–Crippen LogP) is 6.11. The summed E-state index contributed by atoms with van der Waals surface area (Å²) in [7, 11) is 0. The van der Waals surface area contributed by atoms with Crippen molar-refractivity contribution in [2.24, 2.45) is 0 Å². The van der Waals surface area contributed by atoms with Crippen LogP contribution in [0.3, 0.4) is 0 Å². The van der Waals surface area contributed by atoms with Crippen LogP contribution in [0.2, 0.25) is 4.34 Å². The molecular formula is C16H17BrClNO2S2. The summed E-state index contributed by atoms with van der Waals surface area (Å²) >= 11 is 13.0. The van der Waals surface area contributed by atoms with Gasteiger partial charge in [-0.25, -0.2) is 4.79 Å². The molecule has 0 aromatic carbocycles. The Bertz CT molecular complexity index is 735. The minimum absolute atomic E-state index is 0.121. The molecular weight excluding hydrogens is 418 g/mol. The number of fused-ring (bicyclic) bond motifs is 1. The fourth-order valence-electron chi connectivity index (χ4n) is 2.67. The van der Waals surface area contributed by atoms with Crippen molar-refractivity contribution in [3.63, 3.8) is 0 Å². The zero-order valence-electron chi connectivity index (χ0n) is 13.1. The SMILES string of the molecule is CC(C)(C)OC(=O)N1Cc2sc(Cl)cc2C(c2ccsc2Br)C1. The van der Waals surface area contributed by atoms with Crippen molar-refractivity contribution in [3.8, 4) is 0 Å². The van der Waals surface area contributed by atoms with Crippen LogP contribution in [0.1, 0.15) is 42.7 Å². The van der Waals surface area contributed by atoms with Crippen molar-refractivity contribution in [1.82, 2.24) is 4.90 Å². The molecule has 1 atom stereocenters. The summed E-state index contributed by atoms with van der Waals surface area (Å²) in [5, 5.41) is 2.06. The lowest BCUT2D eigenvalue weighted by Crippen LogP contribution is -2.41. The number of ether oxygens (including phenoxy) is 1. The molecule has 3 rings (SSSR count). The van der Waals surface area contributed by atoms with Crippen LogP contribution in [-0.2, 0) is 11.3 Å². The van der Waals surface area contributed by atoms with Gasteiger partial charge in [0, 0.05) is 17.3 Å². The van der Waals surface area contributed by atoms with Gasteiger partial charge in [-0.2, -0.15) is 0 Å². The Morgan fingerprint density at radius 1 is 1.43 bits per heavy atom. The van der Waals surface area contributed by atoms with Gasteiger partial charge in [0.2, 0.25) is 0 Å². The molecule has 3 nitrogen and oxygen atoms in total. The number of rotatable bonds is 1. The molecule has 7 heteroatoms. The van der Waals surface area contributed by atoms with Crippen LogP contribution in [0.25, 0.3) is 0 Å². The molecule has 0 aliphatic carbocycles. The van der Waals surface area contributed by atoms with E-state index in [1.165, 1.54) is 11.1 Å². The van der Waals surface area contributed by atoms with Crippen molar-refractivity contribution < 1.29 is 9.53 Å². The second-order valence-corrected chi connectivity index (χ2v) is 10.5. The molecule has 0 fully saturated rings. The zero-order chi connectivity index (χ0) is 16.8. The van der Waals surface area contributed by atoms with Crippen LogP contribution < -0.4 is 0 Å². The van der Waals surface area contributed by atoms with Gasteiger partial charge in [-0.1, -0.05) is 11.6 Å². The average molecular weight is 435 g/mol. The summed E-state index contributed by atoms with van der Waals surface area (Å²) in [5.74, 6) is 0.121. The summed E-state index contributed by atoms with van der Waals surface area (Å²) in [5.41, 5.74) is 1.92. The number of carbonyl (C=O) groups is 1. The Labute approximate surface area is 157 Å². The van der Waals surface area contributed by atoms with Gasteiger partial charge in [-0.05, 0) is 65.3 Å². The summed E-state index contributed by atoms with van der Waals surface area (Å²) in [6.45, 7) is 6.81. The molecule has 0 saturated carbocycles. The lowest BCUT2D eigenvalue weighted by molar-refractivity contribution is 0.0216. The van der Waals surface area contributed by atoms with Crippen LogP contribution in [0.15, 0.2) is 21.3 Å². The molecule has 23 heavy (non-hydrogen) atoms. The van der Waals surface area contributed by atoms with E-state index in [0.717, 1.165) is 13.0 Å². The van der Waals surface area contributed by atoms with E-state index < -0.39 is 5.60 Å². The lowest BCUT2D eigenvalue weighted by atomic mass is 9.90. The van der Waals surface area contributed by atoms with Gasteiger partial charge in [0.05, 0.1) is 14.7 Å². The Hall–Kier alpha value is -0.560. The molecule has 124 valence electrons. The topological polar surface area (TPSA) is 29.5 Å². The first kappa shape index (κ1) is 17.3. The number of halogens is 2. The fourth-order valence-corrected chi connectivity index (χ4v) is 5.44. The van der Waals surface area contributed by atoms with Crippen LogP contribution in [0.5, 0.6) is 0 Å². The second-order valence-electron chi connectivity index (χ2n) is 6.49. The van der Waals surface area contributed by atoms with Crippen molar-refractivity contribution >= 4 is 56.3 Å². The third-order valence-electron chi connectivity index (χ3n) is 3.60. The van der Waals surface area contributed by atoms with Crippen LogP contribution in [0.4, 0.5) is 4.79 Å². The Balaban J connectivity index is 1.94. The number of carbonyl (C=O) groups excluding carboxylic acids is 1. The van der Waals surface area contributed by atoms with Crippen molar-refractivity contribution in [2.45, 2.75) is 38.8 Å². The maximum absolute atomic E-state index is 12.5. The molecule has 0 radical (unpaired) electrons. The highest BCUT2D eigenvalue weighted by Gasteiger charge is 2.34. The highest BCUT2D eigenvalue weighted by molar-refractivity contribution is 9.11. The minimum Gasteiger partial charge on any atom is -0.444 e. The third-order valence-corrected chi connectivity index (χ3v) is 6.60. The first-order chi connectivity index (χ1) is 10.7. The van der Waals surface area contributed by atoms with E-state index in [-0.39, 0.29) is 12.0 Å². The highest BCUT2D eigenvalue weighted by atomic mass is 79.9. The Morgan fingerprint density at radius 3 is 2.78 bits per heavy atom.